The van der Waals surface area contributed by atoms with Gasteiger partial charge in [-0.2, -0.15) is 0 Å². The summed E-state index contributed by atoms with van der Waals surface area (Å²) in [5.74, 6) is 0.642. The molecule has 0 radical (unpaired) electrons. The van der Waals surface area contributed by atoms with Gasteiger partial charge in [-0.15, -0.1) is 0 Å². The maximum absolute atomic E-state index is 5.54. The predicted octanol–water partition coefficient (Wildman–Crippen LogP) is 2.00. The number of aromatic nitrogens is 1. The molecule has 1 atom stereocenters. The number of nitrogens with zero attached hydrogens (tertiary/aromatic N) is 1. The Balaban J connectivity index is 2.20. The van der Waals surface area contributed by atoms with E-state index >= 15 is 0 Å². The number of nitrogens with two attached hydrogens (primary N) is 1. The fourth-order valence-corrected chi connectivity index (χ4v) is 1.30. The molecule has 0 bridgehead atoms. The fourth-order valence-electron chi connectivity index (χ4n) is 1.30. The third-order valence-electron chi connectivity index (χ3n) is 2.26. The van der Waals surface area contributed by atoms with Crippen LogP contribution in [0.1, 0.15) is 25.5 Å². The molecule has 1 aromatic heterocycles. The third kappa shape index (κ3) is 4.04. The predicted molar refractivity (Wildman–Crippen MR) is 55.4 cm³/mol. The molecule has 1 unspecified atom stereocenters. The minimum Gasteiger partial charge on any atom is -0.330 e. The Morgan fingerprint density at radius 1 is 1.46 bits per heavy atom. The van der Waals surface area contributed by atoms with E-state index in [1.165, 1.54) is 18.5 Å². The Morgan fingerprint density at radius 2 is 2.31 bits per heavy atom. The molecule has 0 aromatic carbocycles. The summed E-state index contributed by atoms with van der Waals surface area (Å²) in [5, 5.41) is 0. The zero-order chi connectivity index (χ0) is 9.52. The lowest BCUT2D eigenvalue weighted by Crippen LogP contribution is -2.10. The van der Waals surface area contributed by atoms with Crippen molar-refractivity contribution >= 4 is 0 Å². The highest BCUT2D eigenvalue weighted by molar-refractivity contribution is 5.03. The molecule has 0 fully saturated rings. The summed E-state index contributed by atoms with van der Waals surface area (Å²) in [6.45, 7) is 2.99. The van der Waals surface area contributed by atoms with Gasteiger partial charge in [0, 0.05) is 11.9 Å². The molecule has 72 valence electrons. The van der Waals surface area contributed by atoms with Crippen LogP contribution in [0.3, 0.4) is 0 Å². The van der Waals surface area contributed by atoms with Crippen LogP contribution in [0.5, 0.6) is 0 Å². The average Bonchev–Trinajstić information content (AvgIpc) is 2.19. The minimum absolute atomic E-state index is 0.642. The highest BCUT2D eigenvalue weighted by Gasteiger charge is 1.99. The van der Waals surface area contributed by atoms with Gasteiger partial charge in [0.2, 0.25) is 0 Å². The molecule has 0 aliphatic heterocycles. The van der Waals surface area contributed by atoms with Gasteiger partial charge in [-0.05, 0) is 43.9 Å². The van der Waals surface area contributed by atoms with E-state index in [-0.39, 0.29) is 0 Å². The van der Waals surface area contributed by atoms with Gasteiger partial charge in [0.25, 0.3) is 0 Å². The van der Waals surface area contributed by atoms with Crippen molar-refractivity contribution in [2.24, 2.45) is 11.7 Å². The second-order valence-electron chi connectivity index (χ2n) is 3.55. The number of aryl methyl sites for hydroxylation is 1. The van der Waals surface area contributed by atoms with Crippen LogP contribution >= 0.6 is 0 Å². The van der Waals surface area contributed by atoms with E-state index in [9.17, 15) is 0 Å². The molecule has 2 heteroatoms. The SMILES string of the molecule is CC(CN)CCCc1ccccn1. The van der Waals surface area contributed by atoms with E-state index in [1.807, 2.05) is 18.3 Å². The second-order valence-corrected chi connectivity index (χ2v) is 3.55. The van der Waals surface area contributed by atoms with Gasteiger partial charge in [-0.3, -0.25) is 4.98 Å². The number of rotatable bonds is 5. The highest BCUT2D eigenvalue weighted by atomic mass is 14.7. The molecule has 2 N–H and O–H groups in total. The summed E-state index contributed by atoms with van der Waals surface area (Å²) in [6.07, 6.45) is 5.31. The first-order valence-corrected chi connectivity index (χ1v) is 4.93. The first-order chi connectivity index (χ1) is 6.33. The Bertz CT molecular complexity index is 221. The Labute approximate surface area is 80.2 Å². The van der Waals surface area contributed by atoms with Gasteiger partial charge >= 0.3 is 0 Å². The lowest BCUT2D eigenvalue weighted by molar-refractivity contribution is 0.518. The average molecular weight is 178 g/mol. The summed E-state index contributed by atoms with van der Waals surface area (Å²) in [6, 6.07) is 6.06. The molecule has 13 heavy (non-hydrogen) atoms. The Kier molecular flexibility index (Phi) is 4.47. The molecule has 0 aliphatic carbocycles. The van der Waals surface area contributed by atoms with Crippen LogP contribution in [0.2, 0.25) is 0 Å². The first kappa shape index (κ1) is 10.2. The number of hydrogen-bond acceptors (Lipinski definition) is 2. The van der Waals surface area contributed by atoms with Gasteiger partial charge in [-0.1, -0.05) is 13.0 Å². The third-order valence-corrected chi connectivity index (χ3v) is 2.26. The van der Waals surface area contributed by atoms with Crippen molar-refractivity contribution in [1.29, 1.82) is 0 Å². The molecule has 0 spiro atoms. The van der Waals surface area contributed by atoms with E-state index < -0.39 is 0 Å². The maximum atomic E-state index is 5.54. The van der Waals surface area contributed by atoms with Crippen LogP contribution in [0.4, 0.5) is 0 Å². The lowest BCUT2D eigenvalue weighted by atomic mass is 10.0. The maximum Gasteiger partial charge on any atom is 0.0403 e. The molecule has 0 saturated carbocycles. The zero-order valence-electron chi connectivity index (χ0n) is 8.24. The molecule has 1 heterocycles. The molecule has 1 aromatic rings. The molecular formula is C11H18N2. The standard InChI is InChI=1S/C11H18N2/c1-10(9-12)5-4-7-11-6-2-3-8-13-11/h2-3,6,8,10H,4-5,7,9,12H2,1H3. The normalized spacial score (nSPS) is 12.8. The van der Waals surface area contributed by atoms with Crippen molar-refractivity contribution < 1.29 is 0 Å². The van der Waals surface area contributed by atoms with Crippen LogP contribution in [-0.2, 0) is 6.42 Å². The number of hydrogen-bond donors (Lipinski definition) is 1. The number of pyridine rings is 1. The van der Waals surface area contributed by atoms with Crippen LogP contribution in [0.25, 0.3) is 0 Å². The zero-order valence-corrected chi connectivity index (χ0v) is 8.24. The first-order valence-electron chi connectivity index (χ1n) is 4.93. The summed E-state index contributed by atoms with van der Waals surface area (Å²) >= 11 is 0. The Hall–Kier alpha value is -0.890. The van der Waals surface area contributed by atoms with E-state index in [0.717, 1.165) is 13.0 Å². The van der Waals surface area contributed by atoms with Crippen molar-refractivity contribution in [3.8, 4) is 0 Å². The van der Waals surface area contributed by atoms with E-state index in [1.54, 1.807) is 0 Å². The van der Waals surface area contributed by atoms with E-state index in [0.29, 0.717) is 5.92 Å². The quantitative estimate of drug-likeness (QED) is 0.749. The summed E-state index contributed by atoms with van der Waals surface area (Å²) in [5.41, 5.74) is 6.72. The molecular weight excluding hydrogens is 160 g/mol. The monoisotopic (exact) mass is 178 g/mol. The van der Waals surface area contributed by atoms with Crippen molar-refractivity contribution in [3.63, 3.8) is 0 Å². The van der Waals surface area contributed by atoms with Crippen molar-refractivity contribution in [2.75, 3.05) is 6.54 Å². The minimum atomic E-state index is 0.642. The second kappa shape index (κ2) is 5.70. The van der Waals surface area contributed by atoms with Gasteiger partial charge in [0.05, 0.1) is 0 Å². The molecule has 1 rings (SSSR count). The summed E-state index contributed by atoms with van der Waals surface area (Å²) in [7, 11) is 0. The molecule has 2 nitrogen and oxygen atoms in total. The lowest BCUT2D eigenvalue weighted by Gasteiger charge is -2.06. The van der Waals surface area contributed by atoms with Crippen molar-refractivity contribution in [1.82, 2.24) is 4.98 Å². The topological polar surface area (TPSA) is 38.9 Å². The van der Waals surface area contributed by atoms with Crippen LogP contribution in [-0.4, -0.2) is 11.5 Å². The fraction of sp³-hybridized carbons (Fsp3) is 0.545. The van der Waals surface area contributed by atoms with E-state index in [2.05, 4.69) is 18.0 Å². The van der Waals surface area contributed by atoms with Crippen molar-refractivity contribution in [3.05, 3.63) is 30.1 Å². The van der Waals surface area contributed by atoms with Gasteiger partial charge < -0.3 is 5.73 Å². The largest absolute Gasteiger partial charge is 0.330 e. The van der Waals surface area contributed by atoms with Crippen LogP contribution in [0, 0.1) is 5.92 Å². The van der Waals surface area contributed by atoms with Crippen LogP contribution < -0.4 is 5.73 Å². The summed E-state index contributed by atoms with van der Waals surface area (Å²) < 4.78 is 0. The highest BCUT2D eigenvalue weighted by Crippen LogP contribution is 2.07. The smallest absolute Gasteiger partial charge is 0.0403 e. The Morgan fingerprint density at radius 3 is 2.92 bits per heavy atom. The van der Waals surface area contributed by atoms with Gasteiger partial charge in [-0.25, -0.2) is 0 Å². The van der Waals surface area contributed by atoms with Crippen molar-refractivity contribution in [2.45, 2.75) is 26.2 Å². The summed E-state index contributed by atoms with van der Waals surface area (Å²) in [4.78, 5) is 4.27. The van der Waals surface area contributed by atoms with E-state index in [4.69, 9.17) is 5.73 Å². The van der Waals surface area contributed by atoms with Crippen LogP contribution in [0.15, 0.2) is 24.4 Å². The molecule has 0 saturated heterocycles. The van der Waals surface area contributed by atoms with Gasteiger partial charge in [0.1, 0.15) is 0 Å². The molecule has 0 amide bonds. The van der Waals surface area contributed by atoms with Gasteiger partial charge in [0.15, 0.2) is 0 Å². The molecule has 0 aliphatic rings.